The Hall–Kier alpha value is -2.08. The van der Waals surface area contributed by atoms with Gasteiger partial charge in [-0.05, 0) is 49.5 Å². The summed E-state index contributed by atoms with van der Waals surface area (Å²) in [7, 11) is 0. The standard InChI is InChI=1S/C22H23NO/c24-22(17-23-14-11-21(22)12-15-23)13-10-19-8-4-5-9-20(19)16-18-6-2-1-3-7-18/h1-9,21,24H,11-12,14-17H2. The Morgan fingerprint density at radius 1 is 1.00 bits per heavy atom. The van der Waals surface area contributed by atoms with Crippen LogP contribution in [0.2, 0.25) is 0 Å². The third-order valence-electron chi connectivity index (χ3n) is 5.40. The maximum Gasteiger partial charge on any atom is 0.141 e. The largest absolute Gasteiger partial charge is 0.376 e. The molecule has 1 N–H and O–H groups in total. The molecule has 3 saturated heterocycles. The molecule has 3 heterocycles. The summed E-state index contributed by atoms with van der Waals surface area (Å²) in [4.78, 5) is 2.34. The summed E-state index contributed by atoms with van der Waals surface area (Å²) in [5, 5.41) is 11.0. The van der Waals surface area contributed by atoms with Crippen molar-refractivity contribution in [1.29, 1.82) is 0 Å². The zero-order valence-electron chi connectivity index (χ0n) is 13.9. The highest BCUT2D eigenvalue weighted by atomic mass is 16.3. The molecule has 2 aromatic carbocycles. The predicted octanol–water partition coefficient (Wildman–Crippen LogP) is 3.09. The van der Waals surface area contributed by atoms with E-state index in [1.807, 2.05) is 12.1 Å². The van der Waals surface area contributed by atoms with Crippen molar-refractivity contribution in [2.45, 2.75) is 24.9 Å². The topological polar surface area (TPSA) is 23.5 Å². The summed E-state index contributed by atoms with van der Waals surface area (Å²) in [6, 6.07) is 18.8. The van der Waals surface area contributed by atoms with E-state index in [0.29, 0.717) is 12.5 Å². The number of aliphatic hydroxyl groups is 1. The summed E-state index contributed by atoms with van der Waals surface area (Å²) in [5.41, 5.74) is 2.71. The van der Waals surface area contributed by atoms with Crippen LogP contribution in [0, 0.1) is 17.8 Å². The molecule has 3 aliphatic heterocycles. The lowest BCUT2D eigenvalue weighted by molar-refractivity contribution is -0.0713. The van der Waals surface area contributed by atoms with Gasteiger partial charge in [-0.25, -0.2) is 0 Å². The van der Waals surface area contributed by atoms with Crippen LogP contribution in [-0.2, 0) is 6.42 Å². The fraction of sp³-hybridized carbons (Fsp3) is 0.364. The molecule has 0 aliphatic carbocycles. The lowest BCUT2D eigenvalue weighted by Gasteiger charge is -2.47. The number of benzene rings is 2. The molecule has 24 heavy (non-hydrogen) atoms. The molecule has 3 fully saturated rings. The number of fused-ring (bicyclic) bond motifs is 3. The smallest absolute Gasteiger partial charge is 0.141 e. The maximum absolute atomic E-state index is 11.0. The summed E-state index contributed by atoms with van der Waals surface area (Å²) < 4.78 is 0. The van der Waals surface area contributed by atoms with Crippen molar-refractivity contribution >= 4 is 0 Å². The first-order valence-electron chi connectivity index (χ1n) is 8.83. The third-order valence-corrected chi connectivity index (χ3v) is 5.40. The number of piperidine rings is 3. The van der Waals surface area contributed by atoms with E-state index < -0.39 is 5.60 Å². The van der Waals surface area contributed by atoms with Crippen molar-refractivity contribution in [1.82, 2.24) is 4.90 Å². The molecule has 3 aliphatic rings. The van der Waals surface area contributed by atoms with Gasteiger partial charge < -0.3 is 5.11 Å². The minimum Gasteiger partial charge on any atom is -0.376 e. The number of nitrogens with zero attached hydrogens (tertiary/aromatic N) is 1. The molecule has 2 aromatic rings. The summed E-state index contributed by atoms with van der Waals surface area (Å²) >= 11 is 0. The van der Waals surface area contributed by atoms with Crippen LogP contribution in [0.1, 0.15) is 29.5 Å². The first kappa shape index (κ1) is 15.4. The zero-order chi connectivity index (χ0) is 16.4. The second-order valence-corrected chi connectivity index (χ2v) is 7.04. The van der Waals surface area contributed by atoms with E-state index in [4.69, 9.17) is 0 Å². The van der Waals surface area contributed by atoms with Gasteiger partial charge in [0.1, 0.15) is 5.60 Å². The highest BCUT2D eigenvalue weighted by Gasteiger charge is 2.44. The van der Waals surface area contributed by atoms with Crippen LogP contribution < -0.4 is 0 Å². The van der Waals surface area contributed by atoms with Gasteiger partial charge >= 0.3 is 0 Å². The highest BCUT2D eigenvalue weighted by Crippen LogP contribution is 2.35. The molecule has 122 valence electrons. The summed E-state index contributed by atoms with van der Waals surface area (Å²) in [6.07, 6.45) is 3.01. The minimum atomic E-state index is -0.837. The molecular weight excluding hydrogens is 294 g/mol. The van der Waals surface area contributed by atoms with E-state index in [9.17, 15) is 5.11 Å². The monoisotopic (exact) mass is 317 g/mol. The normalized spacial score (nSPS) is 28.2. The Balaban J connectivity index is 1.60. The fourth-order valence-corrected chi connectivity index (χ4v) is 3.97. The Kier molecular flexibility index (Phi) is 4.14. The number of hydrogen-bond acceptors (Lipinski definition) is 2. The van der Waals surface area contributed by atoms with Crippen LogP contribution in [0.3, 0.4) is 0 Å². The van der Waals surface area contributed by atoms with E-state index in [1.165, 1.54) is 11.1 Å². The number of rotatable bonds is 2. The molecule has 2 nitrogen and oxygen atoms in total. The van der Waals surface area contributed by atoms with Gasteiger partial charge in [-0.15, -0.1) is 0 Å². The van der Waals surface area contributed by atoms with Gasteiger partial charge in [0.15, 0.2) is 0 Å². The molecule has 2 heteroatoms. The van der Waals surface area contributed by atoms with Crippen LogP contribution in [0.4, 0.5) is 0 Å². The van der Waals surface area contributed by atoms with Gasteiger partial charge in [0.05, 0.1) is 0 Å². The molecule has 0 spiro atoms. The molecule has 0 radical (unpaired) electrons. The maximum atomic E-state index is 11.0. The Bertz CT molecular complexity index is 765. The first-order chi connectivity index (χ1) is 11.7. The average Bonchev–Trinajstić information content (AvgIpc) is 2.63. The lowest BCUT2D eigenvalue weighted by Crippen LogP contribution is -2.58. The molecular formula is C22H23NO. The molecule has 0 saturated carbocycles. The van der Waals surface area contributed by atoms with Crippen molar-refractivity contribution in [2.24, 2.45) is 5.92 Å². The predicted molar refractivity (Wildman–Crippen MR) is 96.7 cm³/mol. The van der Waals surface area contributed by atoms with Crippen LogP contribution in [0.25, 0.3) is 0 Å². The van der Waals surface area contributed by atoms with Crippen LogP contribution in [-0.4, -0.2) is 35.2 Å². The van der Waals surface area contributed by atoms with E-state index >= 15 is 0 Å². The fourth-order valence-electron chi connectivity index (χ4n) is 3.97. The molecule has 1 atom stereocenters. The number of hydrogen-bond donors (Lipinski definition) is 1. The second-order valence-electron chi connectivity index (χ2n) is 7.04. The van der Waals surface area contributed by atoms with Gasteiger partial charge in [-0.1, -0.05) is 60.4 Å². The minimum absolute atomic E-state index is 0.330. The van der Waals surface area contributed by atoms with E-state index in [1.54, 1.807) is 0 Å². The van der Waals surface area contributed by atoms with Crippen molar-refractivity contribution in [3.63, 3.8) is 0 Å². The third kappa shape index (κ3) is 3.11. The Morgan fingerprint density at radius 2 is 1.71 bits per heavy atom. The molecule has 1 unspecified atom stereocenters. The van der Waals surface area contributed by atoms with Crippen molar-refractivity contribution in [3.05, 3.63) is 71.3 Å². The average molecular weight is 317 g/mol. The SMILES string of the molecule is OC1(C#Cc2ccccc2Cc2ccccc2)CN2CCC1CC2. The molecule has 0 aromatic heterocycles. The first-order valence-corrected chi connectivity index (χ1v) is 8.83. The van der Waals surface area contributed by atoms with Gasteiger partial charge in [0.2, 0.25) is 0 Å². The van der Waals surface area contributed by atoms with Gasteiger partial charge in [0, 0.05) is 18.0 Å². The van der Waals surface area contributed by atoms with E-state index in [2.05, 4.69) is 59.2 Å². The van der Waals surface area contributed by atoms with Crippen LogP contribution in [0.5, 0.6) is 0 Å². The summed E-state index contributed by atoms with van der Waals surface area (Å²) in [6.45, 7) is 2.92. The van der Waals surface area contributed by atoms with E-state index in [0.717, 1.165) is 37.9 Å². The second kappa shape index (κ2) is 6.43. The molecule has 5 rings (SSSR count). The molecule has 2 bridgehead atoms. The summed E-state index contributed by atoms with van der Waals surface area (Å²) in [5.74, 6) is 6.87. The Labute approximate surface area is 144 Å². The van der Waals surface area contributed by atoms with Gasteiger partial charge in [-0.2, -0.15) is 0 Å². The van der Waals surface area contributed by atoms with Gasteiger partial charge in [0.25, 0.3) is 0 Å². The van der Waals surface area contributed by atoms with Gasteiger partial charge in [-0.3, -0.25) is 4.90 Å². The molecule has 0 amide bonds. The van der Waals surface area contributed by atoms with Crippen LogP contribution >= 0.6 is 0 Å². The Morgan fingerprint density at radius 3 is 2.42 bits per heavy atom. The van der Waals surface area contributed by atoms with Crippen molar-refractivity contribution < 1.29 is 5.11 Å². The van der Waals surface area contributed by atoms with E-state index in [-0.39, 0.29) is 0 Å². The lowest BCUT2D eigenvalue weighted by atomic mass is 9.75. The van der Waals surface area contributed by atoms with Crippen molar-refractivity contribution in [2.75, 3.05) is 19.6 Å². The quantitative estimate of drug-likeness (QED) is 0.861. The van der Waals surface area contributed by atoms with Crippen LogP contribution in [0.15, 0.2) is 54.6 Å². The van der Waals surface area contributed by atoms with Crippen molar-refractivity contribution in [3.8, 4) is 11.8 Å². The zero-order valence-corrected chi connectivity index (χ0v) is 13.9. The highest BCUT2D eigenvalue weighted by molar-refractivity contribution is 5.45.